The minimum atomic E-state index is -0.428. The average Bonchev–Trinajstić information content (AvgIpc) is 2.29. The molecule has 2 heterocycles. The summed E-state index contributed by atoms with van der Waals surface area (Å²) in [6.45, 7) is 6.04. The predicted molar refractivity (Wildman–Crippen MR) is 65.7 cm³/mol. The summed E-state index contributed by atoms with van der Waals surface area (Å²) in [6, 6.07) is 2.09. The van der Waals surface area contributed by atoms with Crippen LogP contribution in [0, 0.1) is 6.92 Å². The van der Waals surface area contributed by atoms with E-state index in [4.69, 9.17) is 0 Å². The molecule has 1 saturated heterocycles. The molecule has 16 heavy (non-hydrogen) atoms. The first-order chi connectivity index (χ1) is 7.68. The molecule has 1 aliphatic heterocycles. The molecule has 0 radical (unpaired) electrons. The van der Waals surface area contributed by atoms with Crippen LogP contribution in [0.25, 0.3) is 0 Å². The fourth-order valence-electron chi connectivity index (χ4n) is 2.29. The molecule has 2 rings (SSSR count). The lowest BCUT2D eigenvalue weighted by Gasteiger charge is -2.28. The molecule has 0 aliphatic carbocycles. The van der Waals surface area contributed by atoms with Gasteiger partial charge in [-0.25, -0.2) is 4.98 Å². The molecule has 1 aromatic heterocycles. The van der Waals surface area contributed by atoms with Gasteiger partial charge in [-0.15, -0.1) is 0 Å². The van der Waals surface area contributed by atoms with Crippen LogP contribution in [0.1, 0.15) is 43.4 Å². The number of aliphatic hydroxyl groups is 1. The summed E-state index contributed by atoms with van der Waals surface area (Å²) in [5.41, 5.74) is 2.06. The molecular formula is C13H20N2O. The maximum atomic E-state index is 9.55. The summed E-state index contributed by atoms with van der Waals surface area (Å²) >= 11 is 0. The predicted octanol–water partition coefficient (Wildman–Crippen LogP) is 2.43. The third-order valence-electron chi connectivity index (χ3n) is 3.27. The molecule has 0 unspecified atom stereocenters. The van der Waals surface area contributed by atoms with Crippen molar-refractivity contribution in [2.45, 2.75) is 39.2 Å². The van der Waals surface area contributed by atoms with Gasteiger partial charge < -0.3 is 10.0 Å². The molecule has 0 aromatic carbocycles. The molecule has 1 aromatic rings. The molecule has 0 bridgehead atoms. The molecule has 3 nitrogen and oxygen atoms in total. The zero-order valence-corrected chi connectivity index (χ0v) is 10.1. The van der Waals surface area contributed by atoms with E-state index in [0.29, 0.717) is 0 Å². The van der Waals surface area contributed by atoms with Crippen LogP contribution in [0.2, 0.25) is 0 Å². The van der Waals surface area contributed by atoms with Crippen LogP contribution in [-0.2, 0) is 0 Å². The van der Waals surface area contributed by atoms with Crippen LogP contribution in [0.5, 0.6) is 0 Å². The molecule has 1 atom stereocenters. The highest BCUT2D eigenvalue weighted by Crippen LogP contribution is 2.22. The summed E-state index contributed by atoms with van der Waals surface area (Å²) < 4.78 is 0. The number of hydrogen-bond donors (Lipinski definition) is 1. The first-order valence-electron chi connectivity index (χ1n) is 6.08. The van der Waals surface area contributed by atoms with Gasteiger partial charge in [-0.05, 0) is 44.7 Å². The summed E-state index contributed by atoms with van der Waals surface area (Å²) in [6.07, 6.45) is 5.24. The Balaban J connectivity index is 2.19. The number of aryl methyl sites for hydroxylation is 1. The number of piperidine rings is 1. The van der Waals surface area contributed by atoms with Crippen molar-refractivity contribution in [3.63, 3.8) is 0 Å². The van der Waals surface area contributed by atoms with Crippen LogP contribution in [0.4, 0.5) is 5.82 Å². The van der Waals surface area contributed by atoms with Gasteiger partial charge in [0.2, 0.25) is 0 Å². The largest absolute Gasteiger partial charge is 0.389 e. The van der Waals surface area contributed by atoms with Gasteiger partial charge in [-0.2, -0.15) is 0 Å². The lowest BCUT2D eigenvalue weighted by atomic mass is 10.1. The van der Waals surface area contributed by atoms with E-state index in [1.54, 1.807) is 6.92 Å². The molecule has 0 spiro atoms. The molecular weight excluding hydrogens is 200 g/mol. The van der Waals surface area contributed by atoms with Crippen LogP contribution >= 0.6 is 0 Å². The lowest BCUT2D eigenvalue weighted by Crippen LogP contribution is -2.30. The van der Waals surface area contributed by atoms with E-state index in [2.05, 4.69) is 16.0 Å². The van der Waals surface area contributed by atoms with E-state index in [0.717, 1.165) is 30.0 Å². The van der Waals surface area contributed by atoms with Crippen LogP contribution in [0.3, 0.4) is 0 Å². The van der Waals surface area contributed by atoms with E-state index < -0.39 is 6.10 Å². The number of rotatable bonds is 2. The van der Waals surface area contributed by atoms with E-state index in [-0.39, 0.29) is 0 Å². The number of aliphatic hydroxyl groups excluding tert-OH is 1. The van der Waals surface area contributed by atoms with E-state index in [9.17, 15) is 5.11 Å². The Morgan fingerprint density at radius 3 is 2.56 bits per heavy atom. The number of pyridine rings is 1. The van der Waals surface area contributed by atoms with Crippen LogP contribution < -0.4 is 4.90 Å². The summed E-state index contributed by atoms with van der Waals surface area (Å²) in [5.74, 6) is 1.06. The Morgan fingerprint density at radius 2 is 2.00 bits per heavy atom. The Morgan fingerprint density at radius 1 is 1.31 bits per heavy atom. The number of nitrogens with zero attached hydrogens (tertiary/aromatic N) is 2. The van der Waals surface area contributed by atoms with Gasteiger partial charge in [-0.3, -0.25) is 0 Å². The van der Waals surface area contributed by atoms with E-state index >= 15 is 0 Å². The molecule has 3 heteroatoms. The van der Waals surface area contributed by atoms with Gasteiger partial charge in [0.1, 0.15) is 5.82 Å². The van der Waals surface area contributed by atoms with Gasteiger partial charge in [0.05, 0.1) is 6.10 Å². The quantitative estimate of drug-likeness (QED) is 0.831. The Hall–Kier alpha value is -1.09. The zero-order chi connectivity index (χ0) is 11.5. The van der Waals surface area contributed by atoms with Crippen molar-refractivity contribution in [3.05, 3.63) is 23.4 Å². The van der Waals surface area contributed by atoms with E-state index in [1.165, 1.54) is 19.3 Å². The Kier molecular flexibility index (Phi) is 3.44. The Bertz CT molecular complexity index is 357. The second-order valence-corrected chi connectivity index (χ2v) is 4.62. The lowest BCUT2D eigenvalue weighted by molar-refractivity contribution is 0.198. The standard InChI is InChI=1S/C13H20N2O/c1-10-8-13(14-9-12(10)11(2)16)15-6-4-3-5-7-15/h8-9,11,16H,3-7H2,1-2H3/t11-/m1/s1. The smallest absolute Gasteiger partial charge is 0.128 e. The second kappa shape index (κ2) is 4.83. The summed E-state index contributed by atoms with van der Waals surface area (Å²) in [7, 11) is 0. The highest BCUT2D eigenvalue weighted by atomic mass is 16.3. The highest BCUT2D eigenvalue weighted by molar-refractivity contribution is 5.44. The van der Waals surface area contributed by atoms with Crippen molar-refractivity contribution < 1.29 is 5.11 Å². The first kappa shape index (κ1) is 11.4. The third kappa shape index (κ3) is 2.35. The van der Waals surface area contributed by atoms with Crippen LogP contribution in [0.15, 0.2) is 12.3 Å². The number of anilines is 1. The van der Waals surface area contributed by atoms with Crippen molar-refractivity contribution in [2.75, 3.05) is 18.0 Å². The normalized spacial score (nSPS) is 18.6. The van der Waals surface area contributed by atoms with Gasteiger partial charge in [0, 0.05) is 24.8 Å². The van der Waals surface area contributed by atoms with Crippen LogP contribution in [-0.4, -0.2) is 23.2 Å². The fraction of sp³-hybridized carbons (Fsp3) is 0.615. The van der Waals surface area contributed by atoms with Gasteiger partial charge in [-0.1, -0.05) is 0 Å². The van der Waals surface area contributed by atoms with Gasteiger partial charge in [0.25, 0.3) is 0 Å². The van der Waals surface area contributed by atoms with Crippen molar-refractivity contribution in [2.24, 2.45) is 0 Å². The summed E-state index contributed by atoms with van der Waals surface area (Å²) in [4.78, 5) is 6.79. The topological polar surface area (TPSA) is 36.4 Å². The first-order valence-corrected chi connectivity index (χ1v) is 6.08. The minimum Gasteiger partial charge on any atom is -0.389 e. The van der Waals surface area contributed by atoms with Gasteiger partial charge >= 0.3 is 0 Å². The number of aromatic nitrogens is 1. The van der Waals surface area contributed by atoms with Gasteiger partial charge in [0.15, 0.2) is 0 Å². The summed E-state index contributed by atoms with van der Waals surface area (Å²) in [5, 5.41) is 9.55. The molecule has 1 N–H and O–H groups in total. The molecule has 1 fully saturated rings. The van der Waals surface area contributed by atoms with Crippen molar-refractivity contribution in [3.8, 4) is 0 Å². The van der Waals surface area contributed by atoms with E-state index in [1.807, 2.05) is 13.1 Å². The average molecular weight is 220 g/mol. The van der Waals surface area contributed by atoms with Crippen molar-refractivity contribution in [1.82, 2.24) is 4.98 Å². The Labute approximate surface area is 97.1 Å². The van der Waals surface area contributed by atoms with Crippen molar-refractivity contribution in [1.29, 1.82) is 0 Å². The minimum absolute atomic E-state index is 0.428. The molecule has 1 aliphatic rings. The second-order valence-electron chi connectivity index (χ2n) is 4.62. The SMILES string of the molecule is Cc1cc(N2CCCCC2)ncc1[C@@H](C)O. The zero-order valence-electron chi connectivity index (χ0n) is 10.1. The molecule has 0 amide bonds. The molecule has 88 valence electrons. The maximum Gasteiger partial charge on any atom is 0.128 e. The monoisotopic (exact) mass is 220 g/mol. The maximum absolute atomic E-state index is 9.55. The van der Waals surface area contributed by atoms with Crippen molar-refractivity contribution >= 4 is 5.82 Å². The fourth-order valence-corrected chi connectivity index (χ4v) is 2.29. The third-order valence-corrected chi connectivity index (χ3v) is 3.27. The number of hydrogen-bond acceptors (Lipinski definition) is 3. The molecule has 0 saturated carbocycles. The highest BCUT2D eigenvalue weighted by Gasteiger charge is 2.13.